The molecule has 0 aliphatic heterocycles. The Labute approximate surface area is 138 Å². The van der Waals surface area contributed by atoms with Crippen LogP contribution < -0.4 is 0 Å². The van der Waals surface area contributed by atoms with E-state index >= 15 is 0 Å². The fraction of sp³-hybridized carbons (Fsp3) is 0.500. The number of hydrogen-bond acceptors (Lipinski definition) is 5. The molecule has 0 saturated carbocycles. The summed E-state index contributed by atoms with van der Waals surface area (Å²) in [5.74, 6) is 0. The van der Waals surface area contributed by atoms with Crippen LogP contribution >= 0.6 is 0 Å². The summed E-state index contributed by atoms with van der Waals surface area (Å²) in [7, 11) is 0. The highest BCUT2D eigenvalue weighted by molar-refractivity contribution is 6.00. The summed E-state index contributed by atoms with van der Waals surface area (Å²) >= 11 is 0. The van der Waals surface area contributed by atoms with Crippen molar-refractivity contribution >= 4 is 16.7 Å². The molecule has 1 aromatic carbocycles. The number of benzene rings is 1. The van der Waals surface area contributed by atoms with E-state index < -0.39 is 0 Å². The lowest BCUT2D eigenvalue weighted by Gasteiger charge is -2.22. The second-order valence-electron chi connectivity index (χ2n) is 5.77. The average molecular weight is 314 g/mol. The molecule has 1 heterocycles. The van der Waals surface area contributed by atoms with Gasteiger partial charge >= 0.3 is 0 Å². The maximum atomic E-state index is 9.44. The van der Waals surface area contributed by atoms with Gasteiger partial charge in [-0.2, -0.15) is 0 Å². The first-order chi connectivity index (χ1) is 11.3. The lowest BCUT2D eigenvalue weighted by atomic mass is 10.2. The quantitative estimate of drug-likeness (QED) is 0.435. The van der Waals surface area contributed by atoms with E-state index in [1.54, 1.807) is 6.20 Å². The van der Waals surface area contributed by atoms with Gasteiger partial charge in [-0.15, -0.1) is 0 Å². The Morgan fingerprint density at radius 3 is 2.35 bits per heavy atom. The van der Waals surface area contributed by atoms with E-state index in [2.05, 4.69) is 33.9 Å². The Morgan fingerprint density at radius 1 is 1.09 bits per heavy atom. The molecular weight excluding hydrogens is 288 g/mol. The van der Waals surface area contributed by atoms with Crippen LogP contribution in [0, 0.1) is 0 Å². The molecule has 0 aliphatic carbocycles. The van der Waals surface area contributed by atoms with Crippen molar-refractivity contribution in [3.8, 4) is 0 Å². The summed E-state index contributed by atoms with van der Waals surface area (Å²) in [6.45, 7) is 7.00. The smallest absolute Gasteiger partial charge is 0.121 e. The highest BCUT2D eigenvalue weighted by Gasteiger charge is 2.13. The van der Waals surface area contributed by atoms with Gasteiger partial charge in [-0.3, -0.25) is 9.88 Å². The third-order valence-electron chi connectivity index (χ3n) is 3.89. The number of aromatic nitrogens is 2. The van der Waals surface area contributed by atoms with Crippen molar-refractivity contribution in [2.75, 3.05) is 19.6 Å². The number of para-hydroxylation sites is 2. The van der Waals surface area contributed by atoms with E-state index in [1.165, 1.54) is 0 Å². The van der Waals surface area contributed by atoms with Gasteiger partial charge in [0, 0.05) is 6.54 Å². The minimum absolute atomic E-state index is 0.579. The summed E-state index contributed by atoms with van der Waals surface area (Å²) in [4.78, 5) is 11.3. The molecule has 124 valence electrons. The largest absolute Gasteiger partial charge is 0.411 e. The number of oxime groups is 1. The van der Waals surface area contributed by atoms with Crippen molar-refractivity contribution in [3.05, 3.63) is 36.2 Å². The normalized spacial score (nSPS) is 12.2. The van der Waals surface area contributed by atoms with E-state index in [-0.39, 0.29) is 0 Å². The molecule has 5 nitrogen and oxygen atoms in total. The molecule has 0 bridgehead atoms. The van der Waals surface area contributed by atoms with Gasteiger partial charge in [0.15, 0.2) is 0 Å². The summed E-state index contributed by atoms with van der Waals surface area (Å²) in [6, 6.07) is 7.73. The van der Waals surface area contributed by atoms with Crippen molar-refractivity contribution in [2.45, 2.75) is 39.5 Å². The Bertz CT molecular complexity index is 634. The SMILES string of the molecule is CCCCN(CCCC)C/C(=N\O)c1cnc2ccccc2n1. The molecule has 1 N–H and O–H groups in total. The van der Waals surface area contributed by atoms with Crippen LogP contribution in [0.2, 0.25) is 0 Å². The van der Waals surface area contributed by atoms with Crippen molar-refractivity contribution in [2.24, 2.45) is 5.16 Å². The van der Waals surface area contributed by atoms with E-state index in [1.807, 2.05) is 24.3 Å². The number of hydrogen-bond donors (Lipinski definition) is 1. The number of unbranched alkanes of at least 4 members (excludes halogenated alkanes) is 2. The molecule has 1 aromatic heterocycles. The van der Waals surface area contributed by atoms with E-state index in [9.17, 15) is 5.21 Å². The average Bonchev–Trinajstić information content (AvgIpc) is 2.60. The lowest BCUT2D eigenvalue weighted by molar-refractivity contribution is 0.286. The third-order valence-corrected chi connectivity index (χ3v) is 3.89. The van der Waals surface area contributed by atoms with Gasteiger partial charge in [0.2, 0.25) is 0 Å². The Hall–Kier alpha value is -2.01. The zero-order valence-corrected chi connectivity index (χ0v) is 14.1. The second-order valence-corrected chi connectivity index (χ2v) is 5.77. The van der Waals surface area contributed by atoms with Gasteiger partial charge in [0.25, 0.3) is 0 Å². The monoisotopic (exact) mass is 314 g/mol. The minimum atomic E-state index is 0.579. The van der Waals surface area contributed by atoms with Crippen molar-refractivity contribution in [3.63, 3.8) is 0 Å². The van der Waals surface area contributed by atoms with Crippen LogP contribution in [-0.4, -0.2) is 45.4 Å². The van der Waals surface area contributed by atoms with Crippen LogP contribution in [0.3, 0.4) is 0 Å². The van der Waals surface area contributed by atoms with Crippen LogP contribution in [0.4, 0.5) is 0 Å². The van der Waals surface area contributed by atoms with Crippen LogP contribution in [0.1, 0.15) is 45.2 Å². The zero-order valence-electron chi connectivity index (χ0n) is 14.1. The van der Waals surface area contributed by atoms with Crippen LogP contribution in [-0.2, 0) is 0 Å². The molecule has 0 spiro atoms. The second kappa shape index (κ2) is 9.20. The Balaban J connectivity index is 2.15. The Morgan fingerprint density at radius 2 is 1.74 bits per heavy atom. The molecule has 0 aliphatic rings. The topological polar surface area (TPSA) is 61.6 Å². The van der Waals surface area contributed by atoms with Crippen LogP contribution in [0.25, 0.3) is 11.0 Å². The van der Waals surface area contributed by atoms with Gasteiger partial charge in [0.1, 0.15) is 11.4 Å². The maximum absolute atomic E-state index is 9.44. The zero-order chi connectivity index (χ0) is 16.5. The first kappa shape index (κ1) is 17.3. The maximum Gasteiger partial charge on any atom is 0.121 e. The number of fused-ring (bicyclic) bond motifs is 1. The number of rotatable bonds is 9. The first-order valence-corrected chi connectivity index (χ1v) is 8.44. The third kappa shape index (κ3) is 4.99. The fourth-order valence-electron chi connectivity index (χ4n) is 2.51. The highest BCUT2D eigenvalue weighted by atomic mass is 16.4. The molecule has 0 atom stereocenters. The predicted molar refractivity (Wildman–Crippen MR) is 94.1 cm³/mol. The molecule has 0 unspecified atom stereocenters. The molecule has 2 aromatic rings. The highest BCUT2D eigenvalue weighted by Crippen LogP contribution is 2.10. The molecule has 0 radical (unpaired) electrons. The summed E-state index contributed by atoms with van der Waals surface area (Å²) in [6.07, 6.45) is 6.29. The van der Waals surface area contributed by atoms with Crippen molar-refractivity contribution < 1.29 is 5.21 Å². The lowest BCUT2D eigenvalue weighted by Crippen LogP contribution is -2.32. The molecule has 0 fully saturated rings. The molecule has 0 amide bonds. The minimum Gasteiger partial charge on any atom is -0.411 e. The van der Waals surface area contributed by atoms with Gasteiger partial charge in [-0.05, 0) is 38.1 Å². The summed E-state index contributed by atoms with van der Waals surface area (Å²) < 4.78 is 0. The van der Waals surface area contributed by atoms with Crippen LogP contribution in [0.5, 0.6) is 0 Å². The van der Waals surface area contributed by atoms with Gasteiger partial charge in [-0.1, -0.05) is 44.0 Å². The fourth-order valence-corrected chi connectivity index (χ4v) is 2.51. The molecule has 5 heteroatoms. The molecule has 0 saturated heterocycles. The predicted octanol–water partition coefficient (Wildman–Crippen LogP) is 3.71. The first-order valence-electron chi connectivity index (χ1n) is 8.44. The van der Waals surface area contributed by atoms with Gasteiger partial charge < -0.3 is 5.21 Å². The van der Waals surface area contributed by atoms with Gasteiger partial charge in [-0.25, -0.2) is 4.98 Å². The van der Waals surface area contributed by atoms with E-state index in [4.69, 9.17) is 0 Å². The summed E-state index contributed by atoms with van der Waals surface area (Å²) in [5, 5.41) is 12.9. The Kier molecular flexibility index (Phi) is 6.94. The van der Waals surface area contributed by atoms with E-state index in [0.29, 0.717) is 18.0 Å². The molecule has 23 heavy (non-hydrogen) atoms. The standard InChI is InChI=1S/C18H26N4O/c1-3-5-11-22(12-6-4-2)14-18(21-23)17-13-19-15-9-7-8-10-16(15)20-17/h7-10,13,23H,3-6,11-12,14H2,1-2H3/b21-18+. The number of nitrogens with zero attached hydrogens (tertiary/aromatic N) is 4. The van der Waals surface area contributed by atoms with Crippen LogP contribution in [0.15, 0.2) is 35.6 Å². The molecular formula is C18H26N4O. The summed E-state index contributed by atoms with van der Waals surface area (Å²) in [5.41, 5.74) is 2.89. The van der Waals surface area contributed by atoms with Gasteiger partial charge in [0.05, 0.1) is 17.2 Å². The van der Waals surface area contributed by atoms with E-state index in [0.717, 1.165) is 49.8 Å². The molecule has 2 rings (SSSR count). The van der Waals surface area contributed by atoms with Crippen molar-refractivity contribution in [1.82, 2.24) is 14.9 Å². The van der Waals surface area contributed by atoms with Crippen molar-refractivity contribution in [1.29, 1.82) is 0 Å².